The van der Waals surface area contributed by atoms with Gasteiger partial charge in [0.15, 0.2) is 0 Å². The van der Waals surface area contributed by atoms with Crippen molar-refractivity contribution in [3.63, 3.8) is 0 Å². The molecule has 0 aliphatic rings. The largest absolute Gasteiger partial charge is 0.348 e. The lowest BCUT2D eigenvalue weighted by molar-refractivity contribution is 0.0934. The standard InChI is InChI=1S/C17H23N3OS.2ClH/c1-11(2)7-15(9-18)20-17(21)14-6-4-5-13(8-14)16-10-22-12(3)19-16;;/h4-6,8,10-11,15H,7,9,18H2,1-3H3,(H,20,21);2*1H. The predicted molar refractivity (Wildman–Crippen MR) is 107 cm³/mol. The van der Waals surface area contributed by atoms with E-state index >= 15 is 0 Å². The zero-order valence-electron chi connectivity index (χ0n) is 14.1. The second kappa shape index (κ2) is 10.7. The number of hydrogen-bond donors (Lipinski definition) is 2. The molecule has 0 fully saturated rings. The summed E-state index contributed by atoms with van der Waals surface area (Å²) in [6.07, 6.45) is 0.882. The summed E-state index contributed by atoms with van der Waals surface area (Å²) in [5.41, 5.74) is 8.27. The first kappa shape index (κ1) is 22.9. The van der Waals surface area contributed by atoms with Crippen LogP contribution in [0.4, 0.5) is 0 Å². The number of benzene rings is 1. The second-order valence-electron chi connectivity index (χ2n) is 5.87. The normalized spacial score (nSPS) is 11.4. The van der Waals surface area contributed by atoms with Gasteiger partial charge in [0, 0.05) is 29.1 Å². The van der Waals surface area contributed by atoms with Crippen molar-refractivity contribution in [2.24, 2.45) is 11.7 Å². The van der Waals surface area contributed by atoms with Crippen LogP contribution in [0.1, 0.15) is 35.6 Å². The lowest BCUT2D eigenvalue weighted by Gasteiger charge is -2.19. The highest BCUT2D eigenvalue weighted by molar-refractivity contribution is 7.09. The van der Waals surface area contributed by atoms with Gasteiger partial charge in [-0.1, -0.05) is 26.0 Å². The monoisotopic (exact) mass is 389 g/mol. The molecule has 24 heavy (non-hydrogen) atoms. The molecular weight excluding hydrogens is 365 g/mol. The third kappa shape index (κ3) is 6.40. The minimum Gasteiger partial charge on any atom is -0.348 e. The third-order valence-corrected chi connectivity index (χ3v) is 4.19. The number of halogens is 2. The number of nitrogens with zero attached hydrogens (tertiary/aromatic N) is 1. The van der Waals surface area contributed by atoms with Crippen molar-refractivity contribution in [1.29, 1.82) is 0 Å². The first-order valence-corrected chi connectivity index (χ1v) is 8.41. The number of thiazole rings is 1. The molecule has 0 aliphatic heterocycles. The van der Waals surface area contributed by atoms with Gasteiger partial charge in [0.25, 0.3) is 5.91 Å². The molecule has 1 amide bonds. The Morgan fingerprint density at radius 3 is 2.58 bits per heavy atom. The van der Waals surface area contributed by atoms with E-state index in [4.69, 9.17) is 5.73 Å². The van der Waals surface area contributed by atoms with Crippen LogP contribution in [0.25, 0.3) is 11.3 Å². The number of nitrogens with two attached hydrogens (primary N) is 1. The number of aryl methyl sites for hydroxylation is 1. The molecule has 3 N–H and O–H groups in total. The number of rotatable bonds is 6. The highest BCUT2D eigenvalue weighted by Crippen LogP contribution is 2.22. The van der Waals surface area contributed by atoms with Crippen LogP contribution in [-0.4, -0.2) is 23.5 Å². The van der Waals surface area contributed by atoms with E-state index in [0.717, 1.165) is 22.7 Å². The number of amides is 1. The number of carbonyl (C=O) groups excluding carboxylic acids is 1. The Morgan fingerprint density at radius 1 is 1.33 bits per heavy atom. The minimum atomic E-state index is -0.0788. The van der Waals surface area contributed by atoms with Gasteiger partial charge in [0.1, 0.15) is 0 Å². The Labute approximate surface area is 160 Å². The minimum absolute atomic E-state index is 0. The Morgan fingerprint density at radius 2 is 2.04 bits per heavy atom. The molecule has 1 aromatic heterocycles. The Balaban J connectivity index is 0.00000264. The van der Waals surface area contributed by atoms with Gasteiger partial charge >= 0.3 is 0 Å². The fraction of sp³-hybridized carbons (Fsp3) is 0.412. The van der Waals surface area contributed by atoms with Gasteiger partial charge in [0.05, 0.1) is 10.7 Å². The number of carbonyl (C=O) groups is 1. The maximum atomic E-state index is 12.4. The molecule has 1 unspecified atom stereocenters. The summed E-state index contributed by atoms with van der Waals surface area (Å²) in [4.78, 5) is 16.9. The van der Waals surface area contributed by atoms with Crippen molar-refractivity contribution >= 4 is 42.1 Å². The predicted octanol–water partition coefficient (Wildman–Crippen LogP) is 4.07. The molecule has 1 atom stereocenters. The van der Waals surface area contributed by atoms with Gasteiger partial charge in [-0.3, -0.25) is 4.79 Å². The summed E-state index contributed by atoms with van der Waals surface area (Å²) in [6, 6.07) is 7.57. The molecule has 1 aromatic carbocycles. The average Bonchev–Trinajstić information content (AvgIpc) is 2.92. The summed E-state index contributed by atoms with van der Waals surface area (Å²) in [7, 11) is 0. The first-order chi connectivity index (χ1) is 10.5. The van der Waals surface area contributed by atoms with Gasteiger partial charge in [0.2, 0.25) is 0 Å². The molecule has 0 radical (unpaired) electrons. The van der Waals surface area contributed by atoms with Crippen molar-refractivity contribution < 1.29 is 4.79 Å². The average molecular weight is 390 g/mol. The molecule has 2 aromatic rings. The van der Waals surface area contributed by atoms with Crippen LogP contribution in [0, 0.1) is 12.8 Å². The van der Waals surface area contributed by atoms with Crippen molar-refractivity contribution in [1.82, 2.24) is 10.3 Å². The van der Waals surface area contributed by atoms with Crippen molar-refractivity contribution in [2.75, 3.05) is 6.54 Å². The van der Waals surface area contributed by atoms with Gasteiger partial charge in [-0.05, 0) is 31.4 Å². The van der Waals surface area contributed by atoms with E-state index in [9.17, 15) is 4.79 Å². The van der Waals surface area contributed by atoms with Crippen LogP contribution in [-0.2, 0) is 0 Å². The fourth-order valence-electron chi connectivity index (χ4n) is 2.37. The van der Waals surface area contributed by atoms with Gasteiger partial charge in [-0.2, -0.15) is 0 Å². The lowest BCUT2D eigenvalue weighted by atomic mass is 10.0. The van der Waals surface area contributed by atoms with Crippen LogP contribution in [0.2, 0.25) is 0 Å². The number of nitrogens with one attached hydrogen (secondary N) is 1. The molecule has 0 saturated heterocycles. The van der Waals surface area contributed by atoms with Gasteiger partial charge in [-0.25, -0.2) is 4.98 Å². The quantitative estimate of drug-likeness (QED) is 0.782. The van der Waals surface area contributed by atoms with E-state index in [1.165, 1.54) is 0 Å². The van der Waals surface area contributed by atoms with Gasteiger partial charge in [-0.15, -0.1) is 36.2 Å². The number of aromatic nitrogens is 1. The van der Waals surface area contributed by atoms with Gasteiger partial charge < -0.3 is 11.1 Å². The van der Waals surface area contributed by atoms with E-state index in [1.807, 2.05) is 36.6 Å². The topological polar surface area (TPSA) is 68.0 Å². The molecule has 0 saturated carbocycles. The molecule has 134 valence electrons. The first-order valence-electron chi connectivity index (χ1n) is 7.53. The van der Waals surface area contributed by atoms with Crippen LogP contribution in [0.15, 0.2) is 29.6 Å². The molecule has 0 bridgehead atoms. The Kier molecular flexibility index (Phi) is 10.2. The summed E-state index contributed by atoms with van der Waals surface area (Å²) >= 11 is 1.61. The maximum Gasteiger partial charge on any atom is 0.251 e. The van der Waals surface area contributed by atoms with E-state index in [0.29, 0.717) is 18.0 Å². The van der Waals surface area contributed by atoms with Crippen LogP contribution in [0.5, 0.6) is 0 Å². The second-order valence-corrected chi connectivity index (χ2v) is 6.93. The van der Waals surface area contributed by atoms with Crippen LogP contribution < -0.4 is 11.1 Å². The summed E-state index contributed by atoms with van der Waals surface area (Å²) in [6.45, 7) is 6.68. The van der Waals surface area contributed by atoms with Crippen LogP contribution >= 0.6 is 36.2 Å². The van der Waals surface area contributed by atoms with Crippen molar-refractivity contribution in [3.8, 4) is 11.3 Å². The fourth-order valence-corrected chi connectivity index (χ4v) is 2.99. The summed E-state index contributed by atoms with van der Waals surface area (Å²) < 4.78 is 0. The number of hydrogen-bond acceptors (Lipinski definition) is 4. The Bertz CT molecular complexity index is 646. The third-order valence-electron chi connectivity index (χ3n) is 3.42. The molecule has 2 rings (SSSR count). The molecule has 1 heterocycles. The SMILES string of the molecule is Cc1nc(-c2cccc(C(=O)NC(CN)CC(C)C)c2)cs1.Cl.Cl. The van der Waals surface area contributed by atoms with E-state index < -0.39 is 0 Å². The summed E-state index contributed by atoms with van der Waals surface area (Å²) in [5.74, 6) is 0.420. The maximum absolute atomic E-state index is 12.4. The molecule has 0 spiro atoms. The van der Waals surface area contributed by atoms with E-state index in [-0.39, 0.29) is 36.8 Å². The van der Waals surface area contributed by atoms with E-state index in [1.54, 1.807) is 11.3 Å². The molecule has 7 heteroatoms. The smallest absolute Gasteiger partial charge is 0.251 e. The summed E-state index contributed by atoms with van der Waals surface area (Å²) in [5, 5.41) is 6.04. The zero-order chi connectivity index (χ0) is 16.1. The molecule has 0 aliphatic carbocycles. The highest BCUT2D eigenvalue weighted by Gasteiger charge is 2.14. The van der Waals surface area contributed by atoms with Crippen molar-refractivity contribution in [2.45, 2.75) is 33.2 Å². The molecular formula is C17H25Cl2N3OS. The lowest BCUT2D eigenvalue weighted by Crippen LogP contribution is -2.41. The van der Waals surface area contributed by atoms with Crippen molar-refractivity contribution in [3.05, 3.63) is 40.2 Å². The van der Waals surface area contributed by atoms with Crippen LogP contribution in [0.3, 0.4) is 0 Å². The zero-order valence-corrected chi connectivity index (χ0v) is 16.6. The molecule has 4 nitrogen and oxygen atoms in total. The van der Waals surface area contributed by atoms with E-state index in [2.05, 4.69) is 24.1 Å². The highest BCUT2D eigenvalue weighted by atomic mass is 35.5. The Hall–Kier alpha value is -1.14.